The molecule has 0 unspecified atom stereocenters. The first kappa shape index (κ1) is 22.4. The van der Waals surface area contributed by atoms with Crippen LogP contribution in [0.1, 0.15) is 42.7 Å². The van der Waals surface area contributed by atoms with Crippen LogP contribution in [0.4, 0.5) is 5.69 Å². The zero-order valence-corrected chi connectivity index (χ0v) is 18.9. The molecule has 0 spiro atoms. The molecule has 2 heterocycles. The van der Waals surface area contributed by atoms with E-state index in [0.29, 0.717) is 25.2 Å². The van der Waals surface area contributed by atoms with Gasteiger partial charge in [-0.25, -0.2) is 8.42 Å². The Kier molecular flexibility index (Phi) is 7.20. The Morgan fingerprint density at radius 2 is 1.83 bits per heavy atom. The van der Waals surface area contributed by atoms with Crippen LogP contribution in [-0.4, -0.2) is 56.5 Å². The highest BCUT2D eigenvalue weighted by Gasteiger charge is 2.32. The molecule has 1 N–H and O–H groups in total. The van der Waals surface area contributed by atoms with Gasteiger partial charge in [0.25, 0.3) is 15.9 Å². The maximum atomic E-state index is 13.2. The van der Waals surface area contributed by atoms with Gasteiger partial charge in [-0.2, -0.15) is 0 Å². The largest absolute Gasteiger partial charge is 0.349 e. The smallest absolute Gasteiger partial charge is 0.267 e. The van der Waals surface area contributed by atoms with E-state index in [9.17, 15) is 13.2 Å². The van der Waals surface area contributed by atoms with Crippen molar-refractivity contribution in [3.8, 4) is 0 Å². The van der Waals surface area contributed by atoms with E-state index >= 15 is 0 Å². The number of nitrogens with one attached hydrogen (secondary N) is 1. The average Bonchev–Trinajstić information content (AvgIpc) is 3.32. The van der Waals surface area contributed by atoms with Crippen molar-refractivity contribution in [2.45, 2.75) is 38.0 Å². The average molecular weight is 433 g/mol. The number of para-hydroxylation sites is 1. The monoisotopic (exact) mass is 432 g/mol. The van der Waals surface area contributed by atoms with Crippen molar-refractivity contribution in [2.75, 3.05) is 37.0 Å². The van der Waals surface area contributed by atoms with Gasteiger partial charge in [0.2, 0.25) is 0 Å². The molecule has 30 heavy (non-hydrogen) atoms. The number of sulfonamides is 1. The van der Waals surface area contributed by atoms with Crippen molar-refractivity contribution >= 4 is 21.6 Å². The molecular weight excluding hydrogens is 400 g/mol. The van der Waals surface area contributed by atoms with Crippen molar-refractivity contribution in [1.29, 1.82) is 0 Å². The lowest BCUT2D eigenvalue weighted by Gasteiger charge is -2.20. The van der Waals surface area contributed by atoms with Gasteiger partial charge in [0.15, 0.2) is 0 Å². The maximum Gasteiger partial charge on any atom is 0.267 e. The van der Waals surface area contributed by atoms with Crippen molar-refractivity contribution < 1.29 is 13.2 Å². The van der Waals surface area contributed by atoms with Crippen molar-refractivity contribution in [3.63, 3.8) is 0 Å². The van der Waals surface area contributed by atoms with Gasteiger partial charge in [0, 0.05) is 32.9 Å². The molecular formula is C22H32N4O3S. The minimum atomic E-state index is -3.71. The Morgan fingerprint density at radius 1 is 1.13 bits per heavy atom. The predicted octanol–water partition coefficient (Wildman–Crippen LogP) is 2.63. The standard InChI is InChI=1S/C22H32N4O3S/c1-4-12-25(13-5-2)15-11-23-22(27)21-16-19(17-24(21)3)30(28,29)26-14-10-18-8-6-7-9-20(18)26/h6-9,16-17H,4-5,10-15H2,1-3H3,(H,23,27). The third-order valence-electron chi connectivity index (χ3n) is 5.44. The van der Waals surface area contributed by atoms with Gasteiger partial charge in [0.05, 0.1) is 5.69 Å². The van der Waals surface area contributed by atoms with Crippen molar-refractivity contribution in [2.24, 2.45) is 7.05 Å². The van der Waals surface area contributed by atoms with Crippen LogP contribution in [0.25, 0.3) is 0 Å². The van der Waals surface area contributed by atoms with E-state index in [2.05, 4.69) is 24.1 Å². The second-order valence-corrected chi connectivity index (χ2v) is 9.59. The predicted molar refractivity (Wildman–Crippen MR) is 119 cm³/mol. The molecule has 3 rings (SSSR count). The third-order valence-corrected chi connectivity index (χ3v) is 7.22. The van der Waals surface area contributed by atoms with E-state index < -0.39 is 10.0 Å². The molecule has 0 atom stereocenters. The van der Waals surface area contributed by atoms with Gasteiger partial charge in [-0.05, 0) is 50.0 Å². The molecule has 1 aromatic heterocycles. The Bertz CT molecular complexity index is 978. The molecule has 0 saturated carbocycles. The number of carbonyl (C=O) groups is 1. The SMILES string of the molecule is CCCN(CCC)CCNC(=O)c1cc(S(=O)(=O)N2CCc3ccccc32)cn1C. The van der Waals surface area contributed by atoms with Crippen molar-refractivity contribution in [3.05, 3.63) is 47.8 Å². The number of rotatable bonds is 10. The lowest BCUT2D eigenvalue weighted by atomic mass is 10.2. The zero-order chi connectivity index (χ0) is 21.7. The fourth-order valence-corrected chi connectivity index (χ4v) is 5.55. The Morgan fingerprint density at radius 3 is 2.53 bits per heavy atom. The molecule has 0 radical (unpaired) electrons. The molecule has 164 valence electrons. The molecule has 0 bridgehead atoms. The highest BCUT2D eigenvalue weighted by Crippen LogP contribution is 2.33. The highest BCUT2D eigenvalue weighted by molar-refractivity contribution is 7.92. The van der Waals surface area contributed by atoms with Crippen molar-refractivity contribution in [1.82, 2.24) is 14.8 Å². The van der Waals surface area contributed by atoms with Gasteiger partial charge in [0.1, 0.15) is 10.6 Å². The molecule has 7 nitrogen and oxygen atoms in total. The van der Waals surface area contributed by atoms with Gasteiger partial charge >= 0.3 is 0 Å². The molecule has 1 aliphatic heterocycles. The van der Waals surface area contributed by atoms with Crippen LogP contribution in [0.15, 0.2) is 41.4 Å². The summed E-state index contributed by atoms with van der Waals surface area (Å²) in [5.41, 5.74) is 2.09. The number of aryl methyl sites for hydroxylation is 1. The molecule has 0 saturated heterocycles. The third kappa shape index (κ3) is 4.70. The Balaban J connectivity index is 1.70. The number of anilines is 1. The minimum absolute atomic E-state index is 0.144. The summed E-state index contributed by atoms with van der Waals surface area (Å²) in [7, 11) is -2.01. The van der Waals surface area contributed by atoms with Crippen LogP contribution in [-0.2, 0) is 23.5 Å². The summed E-state index contributed by atoms with van der Waals surface area (Å²) in [6, 6.07) is 9.02. The number of hydrogen-bond donors (Lipinski definition) is 1. The number of aromatic nitrogens is 1. The topological polar surface area (TPSA) is 74.7 Å². The van der Waals surface area contributed by atoms with E-state index in [-0.39, 0.29) is 10.8 Å². The molecule has 1 aromatic carbocycles. The van der Waals surface area contributed by atoms with Crippen LogP contribution in [0.2, 0.25) is 0 Å². The first-order valence-electron chi connectivity index (χ1n) is 10.7. The summed E-state index contributed by atoms with van der Waals surface area (Å²) >= 11 is 0. The second kappa shape index (κ2) is 9.66. The normalized spacial score (nSPS) is 13.7. The molecule has 8 heteroatoms. The zero-order valence-electron chi connectivity index (χ0n) is 18.1. The fourth-order valence-electron chi connectivity index (χ4n) is 3.97. The van der Waals surface area contributed by atoms with E-state index in [1.54, 1.807) is 11.6 Å². The lowest BCUT2D eigenvalue weighted by molar-refractivity contribution is 0.0940. The second-order valence-electron chi connectivity index (χ2n) is 7.73. The molecule has 2 aromatic rings. The van der Waals surface area contributed by atoms with Crippen LogP contribution >= 0.6 is 0 Å². The van der Waals surface area contributed by atoms with Crippen LogP contribution in [0.5, 0.6) is 0 Å². The molecule has 1 amide bonds. The summed E-state index contributed by atoms with van der Waals surface area (Å²) in [5, 5.41) is 2.93. The van der Waals surface area contributed by atoms with Gasteiger partial charge in [-0.1, -0.05) is 32.0 Å². The van der Waals surface area contributed by atoms with E-state index in [0.717, 1.165) is 43.7 Å². The van der Waals surface area contributed by atoms with Crippen LogP contribution < -0.4 is 9.62 Å². The number of nitrogens with zero attached hydrogens (tertiary/aromatic N) is 3. The van der Waals surface area contributed by atoms with E-state index in [4.69, 9.17) is 0 Å². The van der Waals surface area contributed by atoms with E-state index in [1.807, 2.05) is 24.3 Å². The summed E-state index contributed by atoms with van der Waals surface area (Å²) in [5.74, 6) is -0.256. The first-order chi connectivity index (χ1) is 14.4. The minimum Gasteiger partial charge on any atom is -0.349 e. The number of amides is 1. The van der Waals surface area contributed by atoms with Gasteiger partial charge < -0.3 is 14.8 Å². The first-order valence-corrected chi connectivity index (χ1v) is 12.1. The lowest BCUT2D eigenvalue weighted by Crippen LogP contribution is -2.36. The number of benzene rings is 1. The highest BCUT2D eigenvalue weighted by atomic mass is 32.2. The van der Waals surface area contributed by atoms with Gasteiger partial charge in [-0.3, -0.25) is 9.10 Å². The molecule has 0 fully saturated rings. The number of hydrogen-bond acceptors (Lipinski definition) is 4. The summed E-state index contributed by atoms with van der Waals surface area (Å²) < 4.78 is 29.4. The fraction of sp³-hybridized carbons (Fsp3) is 0.500. The maximum absolute atomic E-state index is 13.2. The molecule has 1 aliphatic rings. The summed E-state index contributed by atoms with van der Waals surface area (Å²) in [6.07, 6.45) is 4.37. The number of carbonyl (C=O) groups excluding carboxylic acids is 1. The Hall–Kier alpha value is -2.32. The number of fused-ring (bicyclic) bond motifs is 1. The van der Waals surface area contributed by atoms with Crippen LogP contribution in [0, 0.1) is 0 Å². The summed E-state index contributed by atoms with van der Waals surface area (Å²) in [6.45, 7) is 8.04. The summed E-state index contributed by atoms with van der Waals surface area (Å²) in [4.78, 5) is 15.1. The van der Waals surface area contributed by atoms with Gasteiger partial charge in [-0.15, -0.1) is 0 Å². The molecule has 0 aliphatic carbocycles. The van der Waals surface area contributed by atoms with Crippen LogP contribution in [0.3, 0.4) is 0 Å². The quantitative estimate of drug-likeness (QED) is 0.626. The Labute approximate surface area is 179 Å². The van der Waals surface area contributed by atoms with E-state index in [1.165, 1.54) is 16.6 Å².